The van der Waals surface area contributed by atoms with E-state index in [1.54, 1.807) is 19.1 Å². The predicted octanol–water partition coefficient (Wildman–Crippen LogP) is 3.74. The Morgan fingerprint density at radius 1 is 1.05 bits per heavy atom. The van der Waals surface area contributed by atoms with Crippen LogP contribution >= 0.6 is 0 Å². The van der Waals surface area contributed by atoms with Crippen LogP contribution in [-0.2, 0) is 30.4 Å². The molecule has 7 rings (SSSR count). The van der Waals surface area contributed by atoms with E-state index < -0.39 is 36.2 Å². The van der Waals surface area contributed by atoms with Gasteiger partial charge in [-0.2, -0.15) is 5.06 Å². The maximum Gasteiger partial charge on any atom is 0.326 e. The second-order valence-corrected chi connectivity index (χ2v) is 18.7. The summed E-state index contributed by atoms with van der Waals surface area (Å²) in [7, 11) is 5.83. The number of rotatable bonds is 14. The van der Waals surface area contributed by atoms with Crippen LogP contribution in [0.25, 0.3) is 0 Å². The van der Waals surface area contributed by atoms with E-state index in [4.69, 9.17) is 9.57 Å². The van der Waals surface area contributed by atoms with Gasteiger partial charge in [-0.05, 0) is 107 Å². The Morgan fingerprint density at radius 2 is 1.78 bits per heavy atom. The Morgan fingerprint density at radius 3 is 2.38 bits per heavy atom. The number of aliphatic hydroxyl groups excluding tert-OH is 2. The van der Waals surface area contributed by atoms with Gasteiger partial charge in [0.1, 0.15) is 18.2 Å². The lowest BCUT2D eigenvalue weighted by atomic mass is 9.45. The fraction of sp³-hybridized carbons (Fsp3) is 0.791. The lowest BCUT2D eigenvalue weighted by Crippen LogP contribution is -2.62. The van der Waals surface area contributed by atoms with Gasteiger partial charge in [-0.1, -0.05) is 57.5 Å². The molecule has 1 aliphatic heterocycles. The molecule has 55 heavy (non-hydrogen) atoms. The van der Waals surface area contributed by atoms with E-state index in [1.165, 1.54) is 6.42 Å². The Labute approximate surface area is 328 Å². The van der Waals surface area contributed by atoms with Crippen LogP contribution in [0, 0.1) is 52.8 Å². The Hall–Kier alpha value is -2.61. The molecule has 5 saturated carbocycles. The van der Waals surface area contributed by atoms with Crippen molar-refractivity contribution in [3.63, 3.8) is 0 Å². The van der Waals surface area contributed by atoms with E-state index in [2.05, 4.69) is 36.3 Å². The molecular weight excluding hydrogens is 700 g/mol. The number of amides is 2. The first-order valence-corrected chi connectivity index (χ1v) is 20.9. The summed E-state index contributed by atoms with van der Waals surface area (Å²) in [5, 5.41) is 39.4. The lowest BCUT2D eigenvalue weighted by Gasteiger charge is -2.62. The third kappa shape index (κ3) is 8.79. The van der Waals surface area contributed by atoms with Gasteiger partial charge in [0.25, 0.3) is 0 Å². The van der Waals surface area contributed by atoms with Crippen LogP contribution in [-0.4, -0.2) is 120 Å². The van der Waals surface area contributed by atoms with Gasteiger partial charge in [-0.25, -0.2) is 4.79 Å². The molecule has 6 fully saturated rings. The number of aliphatic carboxylic acids is 1. The standard InChI is InChI=1S/C43H68N4O8/c1-24-33-20-30(43(33,3)4)21-34(24)44-41(51)38-37(25(2)49)36(23-48)55-47(38)22-27-14-11-15-32(39(27)54-7)28-17-29(19-31(18-28)46(5)6)40(50)45-35(42(52)53)16-26-12-9-8-10-13-26/h8-10,12-13,24-25,27-39,48-49H,11,14-23H2,1-7H3,(H,44,51)(H,45,50)(H,52,53)/t24-,25-,27?,28?,29?,30?,31?,32?,33-,34-,35-,36-,37+,38-,39?/m0/s1. The smallest absolute Gasteiger partial charge is 0.326 e. The van der Waals surface area contributed by atoms with Gasteiger partial charge in [0, 0.05) is 49.9 Å². The molecule has 308 valence electrons. The van der Waals surface area contributed by atoms with Crippen molar-refractivity contribution < 1.29 is 39.3 Å². The molecule has 7 unspecified atom stereocenters. The monoisotopic (exact) mass is 769 g/mol. The summed E-state index contributed by atoms with van der Waals surface area (Å²) in [6, 6.07) is 7.81. The predicted molar refractivity (Wildman–Crippen MR) is 208 cm³/mol. The van der Waals surface area contributed by atoms with Crippen molar-refractivity contribution in [1.29, 1.82) is 0 Å². The number of nitrogens with zero attached hydrogens (tertiary/aromatic N) is 2. The Balaban J connectivity index is 1.17. The molecule has 0 spiro atoms. The van der Waals surface area contributed by atoms with Gasteiger partial charge in [0.05, 0.1) is 18.8 Å². The zero-order valence-corrected chi connectivity index (χ0v) is 34.1. The first-order chi connectivity index (χ1) is 26.1. The van der Waals surface area contributed by atoms with Crippen LogP contribution in [0.15, 0.2) is 30.3 Å². The molecule has 1 heterocycles. The number of hydrogen-bond acceptors (Lipinski definition) is 9. The summed E-state index contributed by atoms with van der Waals surface area (Å²) in [6.07, 6.45) is 5.61. The van der Waals surface area contributed by atoms with Crippen molar-refractivity contribution >= 4 is 17.8 Å². The van der Waals surface area contributed by atoms with Crippen LogP contribution in [0.2, 0.25) is 0 Å². The third-order valence-corrected chi connectivity index (χ3v) is 15.1. The summed E-state index contributed by atoms with van der Waals surface area (Å²) in [6.45, 7) is 8.72. The number of carboxylic acid groups (broad SMARTS) is 1. The van der Waals surface area contributed by atoms with Gasteiger partial charge < -0.3 is 35.6 Å². The summed E-state index contributed by atoms with van der Waals surface area (Å²) < 4.78 is 6.36. The van der Waals surface area contributed by atoms with Crippen molar-refractivity contribution in [3.05, 3.63) is 35.9 Å². The number of hydroxylamine groups is 2. The summed E-state index contributed by atoms with van der Waals surface area (Å²) in [5.41, 5.74) is 1.15. The SMILES string of the molecule is COC1C(CN2O[C@@H](CO)[C@@H]([C@H](C)O)[C@H]2C(=O)N[C@H]2CC3C[C@@H]([C@@H]2C)C3(C)C)CCCC1C1CC(C(=O)N[C@@H](Cc2ccccc2)C(=O)O)CC(N(C)C)C1. The highest BCUT2D eigenvalue weighted by atomic mass is 16.7. The minimum atomic E-state index is -1.05. The lowest BCUT2D eigenvalue weighted by molar-refractivity contribution is -0.193. The number of fused-ring (bicyclic) bond motifs is 2. The average molecular weight is 769 g/mol. The molecule has 6 aliphatic rings. The molecule has 5 aliphatic carbocycles. The first kappa shape index (κ1) is 42.0. The van der Waals surface area contributed by atoms with Gasteiger partial charge in [-0.15, -0.1) is 0 Å². The van der Waals surface area contributed by atoms with Crippen molar-refractivity contribution in [2.24, 2.45) is 52.8 Å². The molecule has 1 aromatic rings. The number of carbonyl (C=O) groups excluding carboxylic acids is 2. The topological polar surface area (TPSA) is 161 Å². The van der Waals surface area contributed by atoms with E-state index in [9.17, 15) is 29.7 Å². The Kier molecular flexibility index (Phi) is 13.4. The van der Waals surface area contributed by atoms with E-state index in [-0.39, 0.29) is 72.1 Å². The number of carbonyl (C=O) groups is 3. The van der Waals surface area contributed by atoms with Gasteiger partial charge in [0.15, 0.2) is 0 Å². The summed E-state index contributed by atoms with van der Waals surface area (Å²) in [5.74, 6) is -0.516. The fourth-order valence-corrected chi connectivity index (χ4v) is 11.8. The molecule has 2 bridgehead atoms. The van der Waals surface area contributed by atoms with Crippen molar-refractivity contribution in [2.45, 2.75) is 128 Å². The van der Waals surface area contributed by atoms with Crippen molar-refractivity contribution in [1.82, 2.24) is 20.6 Å². The largest absolute Gasteiger partial charge is 0.480 e. The summed E-state index contributed by atoms with van der Waals surface area (Å²) >= 11 is 0. The molecule has 12 nitrogen and oxygen atoms in total. The number of carboxylic acids is 1. The second kappa shape index (κ2) is 17.5. The van der Waals surface area contributed by atoms with Crippen LogP contribution in [0.1, 0.15) is 84.6 Å². The summed E-state index contributed by atoms with van der Waals surface area (Å²) in [4.78, 5) is 49.0. The van der Waals surface area contributed by atoms with Crippen LogP contribution in [0.4, 0.5) is 0 Å². The van der Waals surface area contributed by atoms with Gasteiger partial charge in [-0.3, -0.25) is 14.4 Å². The average Bonchev–Trinajstić information content (AvgIpc) is 3.53. The first-order valence-electron chi connectivity index (χ1n) is 20.9. The van der Waals surface area contributed by atoms with Gasteiger partial charge >= 0.3 is 5.97 Å². The minimum Gasteiger partial charge on any atom is -0.480 e. The van der Waals surface area contributed by atoms with Crippen LogP contribution in [0.3, 0.4) is 0 Å². The van der Waals surface area contributed by atoms with E-state index in [0.717, 1.165) is 37.7 Å². The number of methoxy groups -OCH3 is 1. The highest BCUT2D eigenvalue weighted by molar-refractivity contribution is 5.85. The van der Waals surface area contributed by atoms with Crippen LogP contribution < -0.4 is 10.6 Å². The molecule has 2 amide bonds. The fourth-order valence-electron chi connectivity index (χ4n) is 11.8. The molecule has 5 N–H and O–H groups in total. The van der Waals surface area contributed by atoms with Crippen molar-refractivity contribution in [2.75, 3.05) is 34.4 Å². The quantitative estimate of drug-likeness (QED) is 0.189. The maximum atomic E-state index is 14.3. The van der Waals surface area contributed by atoms with E-state index >= 15 is 0 Å². The molecule has 1 aromatic carbocycles. The van der Waals surface area contributed by atoms with E-state index in [0.29, 0.717) is 37.1 Å². The minimum absolute atomic E-state index is 0.0162. The maximum absolute atomic E-state index is 14.3. The second-order valence-electron chi connectivity index (χ2n) is 18.7. The number of ether oxygens (including phenoxy) is 1. The molecule has 0 aromatic heterocycles. The molecule has 15 atom stereocenters. The zero-order chi connectivity index (χ0) is 39.8. The number of nitrogens with one attached hydrogen (secondary N) is 2. The van der Waals surface area contributed by atoms with Gasteiger partial charge in [0.2, 0.25) is 11.8 Å². The molecule has 12 heteroatoms. The highest BCUT2D eigenvalue weighted by Gasteiger charge is 2.58. The number of hydrogen-bond donors (Lipinski definition) is 5. The highest BCUT2D eigenvalue weighted by Crippen LogP contribution is 2.61. The van der Waals surface area contributed by atoms with Crippen LogP contribution in [0.5, 0.6) is 0 Å². The zero-order valence-electron chi connectivity index (χ0n) is 34.1. The molecular formula is C43H68N4O8. The molecule has 1 saturated heterocycles. The van der Waals surface area contributed by atoms with Crippen molar-refractivity contribution in [3.8, 4) is 0 Å². The Bertz CT molecular complexity index is 1480. The third-order valence-electron chi connectivity index (χ3n) is 15.1. The normalized spacial score (nSPS) is 38.5. The van der Waals surface area contributed by atoms with E-state index in [1.807, 2.05) is 44.4 Å². The molecule has 0 radical (unpaired) electrons. The number of benzene rings is 1. The number of aliphatic hydroxyl groups is 2.